The van der Waals surface area contributed by atoms with Crippen LogP contribution in [0.5, 0.6) is 0 Å². The largest absolute Gasteiger partial charge is 0.465 e. The Morgan fingerprint density at radius 1 is 1.40 bits per heavy atom. The van der Waals surface area contributed by atoms with Crippen molar-refractivity contribution in [3.63, 3.8) is 0 Å². The number of nitrogens with two attached hydrogens (primary N) is 1. The number of para-hydroxylation sites is 1. The number of carbonyl (C=O) groups excluding carboxylic acids is 1. The van der Waals surface area contributed by atoms with Crippen LogP contribution < -0.4 is 11.1 Å². The molecule has 1 unspecified atom stereocenters. The molecule has 0 aromatic heterocycles. The number of hydrogen-bond donors (Lipinski definition) is 2. The van der Waals surface area contributed by atoms with Crippen molar-refractivity contribution in [2.75, 3.05) is 31.4 Å². The van der Waals surface area contributed by atoms with E-state index in [1.165, 1.54) is 7.11 Å². The highest BCUT2D eigenvalue weighted by Crippen LogP contribution is 2.26. The second kappa shape index (κ2) is 7.75. The van der Waals surface area contributed by atoms with E-state index in [1.54, 1.807) is 18.2 Å². The molecule has 3 N–H and O–H groups in total. The van der Waals surface area contributed by atoms with Crippen molar-refractivity contribution in [3.8, 4) is 0 Å². The van der Waals surface area contributed by atoms with Crippen molar-refractivity contribution in [1.82, 2.24) is 0 Å². The second-order valence-electron chi connectivity index (χ2n) is 4.92. The van der Waals surface area contributed by atoms with Gasteiger partial charge in [0.1, 0.15) is 0 Å². The van der Waals surface area contributed by atoms with Crippen molar-refractivity contribution >= 4 is 17.3 Å². The number of benzene rings is 1. The monoisotopic (exact) mass is 280 g/mol. The van der Waals surface area contributed by atoms with Gasteiger partial charge in [0.2, 0.25) is 0 Å². The first-order chi connectivity index (χ1) is 9.51. The van der Waals surface area contributed by atoms with E-state index in [2.05, 4.69) is 19.2 Å². The number of ether oxygens (including phenoxy) is 2. The van der Waals surface area contributed by atoms with Crippen LogP contribution in [0.25, 0.3) is 0 Å². The maximum atomic E-state index is 11.8. The highest BCUT2D eigenvalue weighted by atomic mass is 16.5. The topological polar surface area (TPSA) is 73.6 Å². The molecular formula is C15H24N2O3. The van der Waals surface area contributed by atoms with E-state index in [-0.39, 0.29) is 6.04 Å². The number of hydrogen-bond acceptors (Lipinski definition) is 5. The van der Waals surface area contributed by atoms with Gasteiger partial charge in [-0.1, -0.05) is 19.9 Å². The van der Waals surface area contributed by atoms with E-state index in [1.807, 2.05) is 6.92 Å². The quantitative estimate of drug-likeness (QED) is 0.593. The minimum absolute atomic E-state index is 0.0723. The van der Waals surface area contributed by atoms with Crippen LogP contribution in [0.15, 0.2) is 18.2 Å². The van der Waals surface area contributed by atoms with Gasteiger partial charge in [-0.2, -0.15) is 0 Å². The lowest BCUT2D eigenvalue weighted by Crippen LogP contribution is -2.32. The van der Waals surface area contributed by atoms with Crippen molar-refractivity contribution in [3.05, 3.63) is 23.8 Å². The Morgan fingerprint density at radius 2 is 2.10 bits per heavy atom. The van der Waals surface area contributed by atoms with E-state index in [4.69, 9.17) is 15.2 Å². The maximum Gasteiger partial charge on any atom is 0.340 e. The smallest absolute Gasteiger partial charge is 0.340 e. The Balaban J connectivity index is 3.01. The van der Waals surface area contributed by atoms with E-state index in [0.29, 0.717) is 36.1 Å². The standard InChI is InChI=1S/C15H24N2O3/c1-5-20-9-13(10(2)3)17-14-11(15(18)19-4)7-6-8-12(14)16/h6-8,10,13,17H,5,9,16H2,1-4H3. The minimum Gasteiger partial charge on any atom is -0.465 e. The zero-order chi connectivity index (χ0) is 15.1. The molecule has 20 heavy (non-hydrogen) atoms. The summed E-state index contributed by atoms with van der Waals surface area (Å²) in [5.41, 5.74) is 7.55. The third kappa shape index (κ3) is 4.13. The van der Waals surface area contributed by atoms with Crippen LogP contribution in [0.4, 0.5) is 11.4 Å². The van der Waals surface area contributed by atoms with Crippen molar-refractivity contribution in [2.24, 2.45) is 5.92 Å². The van der Waals surface area contributed by atoms with Gasteiger partial charge in [-0.25, -0.2) is 4.79 Å². The molecular weight excluding hydrogens is 256 g/mol. The molecule has 0 radical (unpaired) electrons. The molecule has 0 heterocycles. The summed E-state index contributed by atoms with van der Waals surface area (Å²) in [4.78, 5) is 11.8. The molecule has 0 amide bonds. The lowest BCUT2D eigenvalue weighted by atomic mass is 10.0. The second-order valence-corrected chi connectivity index (χ2v) is 4.92. The molecule has 0 fully saturated rings. The number of esters is 1. The molecule has 112 valence electrons. The molecule has 1 rings (SSSR count). The predicted molar refractivity (Wildman–Crippen MR) is 80.9 cm³/mol. The highest BCUT2D eigenvalue weighted by Gasteiger charge is 2.19. The molecule has 0 aliphatic rings. The van der Waals surface area contributed by atoms with Gasteiger partial charge in [0, 0.05) is 6.61 Å². The van der Waals surface area contributed by atoms with Gasteiger partial charge in [0.15, 0.2) is 0 Å². The van der Waals surface area contributed by atoms with Gasteiger partial charge in [0.05, 0.1) is 36.7 Å². The summed E-state index contributed by atoms with van der Waals surface area (Å²) in [6.45, 7) is 7.34. The molecule has 0 saturated carbocycles. The molecule has 5 heteroatoms. The van der Waals surface area contributed by atoms with Crippen LogP contribution >= 0.6 is 0 Å². The Hall–Kier alpha value is -1.75. The Labute approximate surface area is 120 Å². The number of nitrogens with one attached hydrogen (secondary N) is 1. The fourth-order valence-electron chi connectivity index (χ4n) is 1.84. The SMILES string of the molecule is CCOCC(Nc1c(N)cccc1C(=O)OC)C(C)C. The van der Waals surface area contributed by atoms with Crippen molar-refractivity contribution in [2.45, 2.75) is 26.8 Å². The third-order valence-electron chi connectivity index (χ3n) is 3.14. The summed E-state index contributed by atoms with van der Waals surface area (Å²) in [6, 6.07) is 5.26. The molecule has 1 aromatic rings. The lowest BCUT2D eigenvalue weighted by molar-refractivity contribution is 0.0601. The normalized spacial score (nSPS) is 12.2. The predicted octanol–water partition coefficient (Wildman–Crippen LogP) is 2.53. The highest BCUT2D eigenvalue weighted by molar-refractivity contribution is 5.98. The van der Waals surface area contributed by atoms with Crippen LogP contribution in [0.2, 0.25) is 0 Å². The van der Waals surface area contributed by atoms with Gasteiger partial charge in [-0.3, -0.25) is 0 Å². The summed E-state index contributed by atoms with van der Waals surface area (Å²) < 4.78 is 10.3. The number of methoxy groups -OCH3 is 1. The summed E-state index contributed by atoms with van der Waals surface area (Å²) in [5.74, 6) is -0.0645. The van der Waals surface area contributed by atoms with E-state index < -0.39 is 5.97 Å². The molecule has 1 aromatic carbocycles. The summed E-state index contributed by atoms with van der Waals surface area (Å²) in [5, 5.41) is 3.31. The van der Waals surface area contributed by atoms with Gasteiger partial charge >= 0.3 is 5.97 Å². The molecule has 1 atom stereocenters. The van der Waals surface area contributed by atoms with Crippen LogP contribution in [0.3, 0.4) is 0 Å². The zero-order valence-electron chi connectivity index (χ0n) is 12.6. The Bertz CT molecular complexity index is 447. The molecule has 5 nitrogen and oxygen atoms in total. The van der Waals surface area contributed by atoms with Gasteiger partial charge in [-0.15, -0.1) is 0 Å². The molecule has 0 bridgehead atoms. The van der Waals surface area contributed by atoms with Crippen LogP contribution in [0.1, 0.15) is 31.1 Å². The average Bonchev–Trinajstić information content (AvgIpc) is 2.43. The first-order valence-electron chi connectivity index (χ1n) is 6.82. The van der Waals surface area contributed by atoms with Gasteiger partial charge < -0.3 is 20.5 Å². The average molecular weight is 280 g/mol. The third-order valence-corrected chi connectivity index (χ3v) is 3.14. The zero-order valence-corrected chi connectivity index (χ0v) is 12.6. The molecule has 0 aliphatic carbocycles. The number of nitrogen functional groups attached to an aromatic ring is 1. The minimum atomic E-state index is -0.404. The van der Waals surface area contributed by atoms with Gasteiger partial charge in [-0.05, 0) is 25.0 Å². The Kier molecular flexibility index (Phi) is 6.31. The number of carbonyl (C=O) groups is 1. The van der Waals surface area contributed by atoms with E-state index in [0.717, 1.165) is 0 Å². The first kappa shape index (κ1) is 16.3. The van der Waals surface area contributed by atoms with Crippen LogP contribution in [0, 0.1) is 5.92 Å². The van der Waals surface area contributed by atoms with E-state index in [9.17, 15) is 4.79 Å². The first-order valence-corrected chi connectivity index (χ1v) is 6.82. The number of anilines is 2. The lowest BCUT2D eigenvalue weighted by Gasteiger charge is -2.25. The number of rotatable bonds is 7. The van der Waals surface area contributed by atoms with Crippen molar-refractivity contribution < 1.29 is 14.3 Å². The fourth-order valence-corrected chi connectivity index (χ4v) is 1.84. The fraction of sp³-hybridized carbons (Fsp3) is 0.533. The van der Waals surface area contributed by atoms with Crippen molar-refractivity contribution in [1.29, 1.82) is 0 Å². The Morgan fingerprint density at radius 3 is 2.65 bits per heavy atom. The van der Waals surface area contributed by atoms with Crippen LogP contribution in [-0.4, -0.2) is 32.3 Å². The molecule has 0 spiro atoms. The van der Waals surface area contributed by atoms with Gasteiger partial charge in [0.25, 0.3) is 0 Å². The van der Waals surface area contributed by atoms with E-state index >= 15 is 0 Å². The molecule has 0 aliphatic heterocycles. The summed E-state index contributed by atoms with van der Waals surface area (Å²) in [7, 11) is 1.36. The summed E-state index contributed by atoms with van der Waals surface area (Å²) >= 11 is 0. The van der Waals surface area contributed by atoms with Crippen LogP contribution in [-0.2, 0) is 9.47 Å². The summed E-state index contributed by atoms with van der Waals surface area (Å²) in [6.07, 6.45) is 0. The molecule has 0 saturated heterocycles. The maximum absolute atomic E-state index is 11.8.